The monoisotopic (exact) mass is 312 g/mol. The van der Waals surface area contributed by atoms with E-state index in [1.807, 2.05) is 0 Å². The van der Waals surface area contributed by atoms with Gasteiger partial charge in [-0.2, -0.15) is 13.2 Å². The molecule has 3 nitrogen and oxygen atoms in total. The third kappa shape index (κ3) is 3.49. The van der Waals surface area contributed by atoms with E-state index in [1.54, 1.807) is 24.3 Å². The Labute approximate surface area is 123 Å². The number of hydrogen-bond acceptors (Lipinski definition) is 2. The van der Waals surface area contributed by atoms with Gasteiger partial charge in [0.25, 0.3) is 5.56 Å². The van der Waals surface area contributed by atoms with Crippen molar-refractivity contribution in [2.45, 2.75) is 12.7 Å². The van der Waals surface area contributed by atoms with Gasteiger partial charge >= 0.3 is 6.18 Å². The van der Waals surface area contributed by atoms with Gasteiger partial charge in [0.15, 0.2) is 0 Å². The van der Waals surface area contributed by atoms with E-state index in [1.165, 1.54) is 0 Å². The van der Waals surface area contributed by atoms with Crippen LogP contribution < -0.4 is 11.3 Å². The van der Waals surface area contributed by atoms with Crippen LogP contribution in [0, 0.1) is 0 Å². The zero-order valence-corrected chi connectivity index (χ0v) is 11.5. The van der Waals surface area contributed by atoms with Crippen LogP contribution in [0.1, 0.15) is 16.8 Å². The van der Waals surface area contributed by atoms with Crippen LogP contribution in [0.25, 0.3) is 0 Å². The molecule has 0 radical (unpaired) electrons. The Morgan fingerprint density at radius 3 is 2.48 bits per heavy atom. The number of nitrogens with two attached hydrogens (primary N) is 1. The Kier molecular flexibility index (Phi) is 4.13. The van der Waals surface area contributed by atoms with Gasteiger partial charge in [0.2, 0.25) is 0 Å². The molecule has 0 aliphatic rings. The molecule has 0 saturated carbocycles. The summed E-state index contributed by atoms with van der Waals surface area (Å²) in [6.45, 7) is -0.203. The first kappa shape index (κ1) is 15.2. The Bertz CT molecular complexity index is 737. The van der Waals surface area contributed by atoms with Crippen LogP contribution >= 0.6 is 12.2 Å². The van der Waals surface area contributed by atoms with Crippen molar-refractivity contribution in [1.29, 1.82) is 0 Å². The molecule has 0 unspecified atom stereocenters. The SMILES string of the molecule is NC(=S)c1cccc(Cn2c(C(F)(F)F)cccc2=O)c1. The van der Waals surface area contributed by atoms with Gasteiger partial charge in [0, 0.05) is 11.6 Å². The van der Waals surface area contributed by atoms with Gasteiger partial charge in [-0.1, -0.05) is 36.5 Å². The zero-order chi connectivity index (χ0) is 15.6. The van der Waals surface area contributed by atoms with Crippen molar-refractivity contribution in [3.63, 3.8) is 0 Å². The van der Waals surface area contributed by atoms with Crippen LogP contribution in [-0.4, -0.2) is 9.56 Å². The number of thiocarbonyl (C=S) groups is 1. The second-order valence-electron chi connectivity index (χ2n) is 4.40. The summed E-state index contributed by atoms with van der Waals surface area (Å²) in [7, 11) is 0. The maximum atomic E-state index is 12.9. The highest BCUT2D eigenvalue weighted by molar-refractivity contribution is 7.80. The van der Waals surface area contributed by atoms with E-state index in [4.69, 9.17) is 18.0 Å². The molecule has 2 aromatic rings. The second-order valence-corrected chi connectivity index (χ2v) is 4.84. The number of nitrogens with zero attached hydrogens (tertiary/aromatic N) is 1. The molecule has 1 aromatic carbocycles. The molecule has 7 heteroatoms. The normalized spacial score (nSPS) is 11.4. The van der Waals surface area contributed by atoms with E-state index >= 15 is 0 Å². The summed E-state index contributed by atoms with van der Waals surface area (Å²) in [5.74, 6) is 0. The summed E-state index contributed by atoms with van der Waals surface area (Å²) in [6, 6.07) is 9.52. The number of hydrogen-bond donors (Lipinski definition) is 1. The molecule has 0 bridgehead atoms. The van der Waals surface area contributed by atoms with Crippen molar-refractivity contribution in [1.82, 2.24) is 4.57 Å². The smallest absolute Gasteiger partial charge is 0.389 e. The Morgan fingerprint density at radius 1 is 1.19 bits per heavy atom. The van der Waals surface area contributed by atoms with Gasteiger partial charge in [-0.3, -0.25) is 9.36 Å². The van der Waals surface area contributed by atoms with E-state index in [2.05, 4.69) is 0 Å². The largest absolute Gasteiger partial charge is 0.431 e. The average Bonchev–Trinajstić information content (AvgIpc) is 2.40. The minimum atomic E-state index is -4.60. The van der Waals surface area contributed by atoms with Gasteiger partial charge < -0.3 is 5.73 Å². The molecule has 2 rings (SSSR count). The van der Waals surface area contributed by atoms with Crippen LogP contribution in [0.15, 0.2) is 47.3 Å². The van der Waals surface area contributed by atoms with Crippen LogP contribution in [0.3, 0.4) is 0 Å². The number of aromatic nitrogens is 1. The maximum absolute atomic E-state index is 12.9. The second kappa shape index (κ2) is 5.69. The summed E-state index contributed by atoms with van der Waals surface area (Å²) in [5, 5.41) is 0. The molecule has 21 heavy (non-hydrogen) atoms. The molecule has 0 fully saturated rings. The third-order valence-corrected chi connectivity index (χ3v) is 3.13. The molecule has 1 heterocycles. The first-order chi connectivity index (χ1) is 9.79. The lowest BCUT2D eigenvalue weighted by molar-refractivity contribution is -0.144. The van der Waals surface area contributed by atoms with Gasteiger partial charge in [-0.05, 0) is 17.7 Å². The van der Waals surface area contributed by atoms with Crippen molar-refractivity contribution < 1.29 is 13.2 Å². The van der Waals surface area contributed by atoms with Crippen molar-refractivity contribution in [3.8, 4) is 0 Å². The summed E-state index contributed by atoms with van der Waals surface area (Å²) in [5.41, 5.74) is 4.84. The Balaban J connectivity index is 2.47. The molecular formula is C14H11F3N2OS. The highest BCUT2D eigenvalue weighted by atomic mass is 32.1. The first-order valence-corrected chi connectivity index (χ1v) is 6.35. The van der Waals surface area contributed by atoms with E-state index in [-0.39, 0.29) is 11.5 Å². The molecule has 0 aliphatic carbocycles. The van der Waals surface area contributed by atoms with Gasteiger partial charge in [0.1, 0.15) is 10.7 Å². The van der Waals surface area contributed by atoms with E-state index in [0.29, 0.717) is 15.7 Å². The van der Waals surface area contributed by atoms with Crippen LogP contribution in [0.4, 0.5) is 13.2 Å². The minimum absolute atomic E-state index is 0.147. The van der Waals surface area contributed by atoms with E-state index in [0.717, 1.165) is 18.2 Å². The minimum Gasteiger partial charge on any atom is -0.389 e. The molecule has 0 aliphatic heterocycles. The lowest BCUT2D eigenvalue weighted by Gasteiger charge is -2.15. The number of halogens is 3. The standard InChI is InChI=1S/C14H11F3N2OS/c15-14(16,17)11-5-2-6-12(20)19(11)8-9-3-1-4-10(7-9)13(18)21/h1-7H,8H2,(H2,18,21). The predicted octanol–water partition coefficient (Wildman–Crippen LogP) is 2.55. The third-order valence-electron chi connectivity index (χ3n) is 2.89. The number of pyridine rings is 1. The average molecular weight is 312 g/mol. The molecule has 1 aromatic heterocycles. The van der Waals surface area contributed by atoms with E-state index in [9.17, 15) is 18.0 Å². The number of alkyl halides is 3. The lowest BCUT2D eigenvalue weighted by Crippen LogP contribution is -2.27. The highest BCUT2D eigenvalue weighted by Gasteiger charge is 2.34. The van der Waals surface area contributed by atoms with Crippen molar-refractivity contribution in [2.75, 3.05) is 0 Å². The fourth-order valence-electron chi connectivity index (χ4n) is 1.94. The lowest BCUT2D eigenvalue weighted by atomic mass is 10.1. The summed E-state index contributed by atoms with van der Waals surface area (Å²) in [4.78, 5) is 11.9. The van der Waals surface area contributed by atoms with Crippen molar-refractivity contribution in [2.24, 2.45) is 5.73 Å². The first-order valence-electron chi connectivity index (χ1n) is 5.95. The molecular weight excluding hydrogens is 301 g/mol. The fraction of sp³-hybridized carbons (Fsp3) is 0.143. The molecule has 0 spiro atoms. The molecule has 0 saturated heterocycles. The van der Waals surface area contributed by atoms with E-state index < -0.39 is 17.4 Å². The van der Waals surface area contributed by atoms with Crippen LogP contribution in [-0.2, 0) is 12.7 Å². The molecule has 0 amide bonds. The van der Waals surface area contributed by atoms with Crippen LogP contribution in [0.2, 0.25) is 0 Å². The highest BCUT2D eigenvalue weighted by Crippen LogP contribution is 2.28. The summed E-state index contributed by atoms with van der Waals surface area (Å²) < 4.78 is 39.5. The predicted molar refractivity (Wildman–Crippen MR) is 77.1 cm³/mol. The zero-order valence-electron chi connectivity index (χ0n) is 10.7. The molecule has 110 valence electrons. The fourth-order valence-corrected chi connectivity index (χ4v) is 2.06. The van der Waals surface area contributed by atoms with Crippen molar-refractivity contribution in [3.05, 3.63) is 69.6 Å². The van der Waals surface area contributed by atoms with Gasteiger partial charge in [-0.15, -0.1) is 0 Å². The Hall–Kier alpha value is -2.15. The topological polar surface area (TPSA) is 48.0 Å². The van der Waals surface area contributed by atoms with Gasteiger partial charge in [-0.25, -0.2) is 0 Å². The van der Waals surface area contributed by atoms with Crippen molar-refractivity contribution >= 4 is 17.2 Å². The summed E-state index contributed by atoms with van der Waals surface area (Å²) in [6.07, 6.45) is -4.60. The molecule has 2 N–H and O–H groups in total. The summed E-state index contributed by atoms with van der Waals surface area (Å²) >= 11 is 4.83. The number of benzene rings is 1. The number of rotatable bonds is 3. The Morgan fingerprint density at radius 2 is 1.86 bits per heavy atom. The maximum Gasteiger partial charge on any atom is 0.431 e. The molecule has 0 atom stereocenters. The quantitative estimate of drug-likeness (QED) is 0.886. The van der Waals surface area contributed by atoms with Crippen LogP contribution in [0.5, 0.6) is 0 Å². The van der Waals surface area contributed by atoms with Gasteiger partial charge in [0.05, 0.1) is 6.54 Å².